The SMILES string of the molecule is CCNCC(C)Cc1ccn(C(C)C)n1. The Labute approximate surface area is 92.9 Å². The molecule has 3 heteroatoms. The molecule has 1 rings (SSSR count). The molecular weight excluding hydrogens is 186 g/mol. The third-order valence-electron chi connectivity index (χ3n) is 2.49. The number of aromatic nitrogens is 2. The van der Waals surface area contributed by atoms with Gasteiger partial charge >= 0.3 is 0 Å². The molecule has 1 heterocycles. The molecule has 0 saturated carbocycles. The van der Waals surface area contributed by atoms with Crippen molar-refractivity contribution in [3.63, 3.8) is 0 Å². The Hall–Kier alpha value is -0.830. The number of nitrogens with one attached hydrogen (secondary N) is 1. The molecule has 0 saturated heterocycles. The Bertz CT molecular complexity index is 278. The van der Waals surface area contributed by atoms with Crippen LogP contribution < -0.4 is 5.32 Å². The zero-order valence-corrected chi connectivity index (χ0v) is 10.3. The van der Waals surface area contributed by atoms with Gasteiger partial charge in [-0.15, -0.1) is 0 Å². The summed E-state index contributed by atoms with van der Waals surface area (Å²) >= 11 is 0. The van der Waals surface area contributed by atoms with Crippen molar-refractivity contribution in [1.29, 1.82) is 0 Å². The van der Waals surface area contributed by atoms with E-state index in [0.717, 1.165) is 19.5 Å². The minimum absolute atomic E-state index is 0.461. The van der Waals surface area contributed by atoms with Crippen LogP contribution in [0.25, 0.3) is 0 Å². The second-order valence-corrected chi connectivity index (χ2v) is 4.50. The Morgan fingerprint density at radius 2 is 2.13 bits per heavy atom. The summed E-state index contributed by atoms with van der Waals surface area (Å²) in [6.45, 7) is 10.8. The van der Waals surface area contributed by atoms with Crippen molar-refractivity contribution in [2.45, 2.75) is 40.2 Å². The fourth-order valence-electron chi connectivity index (χ4n) is 1.59. The predicted octanol–water partition coefficient (Wildman–Crippen LogP) is 2.25. The van der Waals surface area contributed by atoms with E-state index in [1.807, 2.05) is 4.68 Å². The van der Waals surface area contributed by atoms with Gasteiger partial charge in [-0.05, 0) is 45.3 Å². The van der Waals surface area contributed by atoms with Gasteiger partial charge in [-0.2, -0.15) is 5.10 Å². The molecule has 1 aromatic heterocycles. The van der Waals surface area contributed by atoms with E-state index in [4.69, 9.17) is 0 Å². The van der Waals surface area contributed by atoms with Gasteiger partial charge < -0.3 is 5.32 Å². The zero-order valence-electron chi connectivity index (χ0n) is 10.3. The molecular formula is C12H23N3. The minimum atomic E-state index is 0.461. The Morgan fingerprint density at radius 1 is 1.40 bits per heavy atom. The zero-order chi connectivity index (χ0) is 11.3. The molecule has 1 unspecified atom stereocenters. The van der Waals surface area contributed by atoms with Crippen LogP contribution >= 0.6 is 0 Å². The van der Waals surface area contributed by atoms with Crippen LogP contribution in [0.4, 0.5) is 0 Å². The highest BCUT2D eigenvalue weighted by Gasteiger charge is 2.06. The molecule has 1 aromatic rings. The summed E-state index contributed by atoms with van der Waals surface area (Å²) in [5.41, 5.74) is 1.20. The number of hydrogen-bond donors (Lipinski definition) is 1. The molecule has 0 aliphatic carbocycles. The van der Waals surface area contributed by atoms with E-state index in [-0.39, 0.29) is 0 Å². The number of hydrogen-bond acceptors (Lipinski definition) is 2. The monoisotopic (exact) mass is 209 g/mol. The first-order valence-corrected chi connectivity index (χ1v) is 5.88. The van der Waals surface area contributed by atoms with Crippen LogP contribution in [-0.4, -0.2) is 22.9 Å². The average Bonchev–Trinajstić information content (AvgIpc) is 2.63. The van der Waals surface area contributed by atoms with Crippen molar-refractivity contribution in [3.8, 4) is 0 Å². The maximum absolute atomic E-state index is 4.55. The summed E-state index contributed by atoms with van der Waals surface area (Å²) < 4.78 is 2.02. The smallest absolute Gasteiger partial charge is 0.0627 e. The van der Waals surface area contributed by atoms with Crippen LogP contribution in [0.2, 0.25) is 0 Å². The number of nitrogens with zero attached hydrogens (tertiary/aromatic N) is 2. The van der Waals surface area contributed by atoms with E-state index >= 15 is 0 Å². The highest BCUT2D eigenvalue weighted by molar-refractivity contribution is 5.00. The van der Waals surface area contributed by atoms with Crippen molar-refractivity contribution in [3.05, 3.63) is 18.0 Å². The quantitative estimate of drug-likeness (QED) is 0.779. The third kappa shape index (κ3) is 4.04. The van der Waals surface area contributed by atoms with Gasteiger partial charge in [0.05, 0.1) is 5.69 Å². The summed E-state index contributed by atoms with van der Waals surface area (Å²) in [5, 5.41) is 7.91. The second-order valence-electron chi connectivity index (χ2n) is 4.50. The van der Waals surface area contributed by atoms with Gasteiger partial charge in [-0.25, -0.2) is 0 Å². The first-order valence-electron chi connectivity index (χ1n) is 5.88. The van der Waals surface area contributed by atoms with Crippen molar-refractivity contribution < 1.29 is 0 Å². The highest BCUT2D eigenvalue weighted by atomic mass is 15.3. The van der Waals surface area contributed by atoms with Crippen LogP contribution in [0, 0.1) is 5.92 Å². The van der Waals surface area contributed by atoms with Crippen molar-refractivity contribution in [2.75, 3.05) is 13.1 Å². The molecule has 1 atom stereocenters. The second kappa shape index (κ2) is 5.91. The Kier molecular flexibility index (Phi) is 4.82. The lowest BCUT2D eigenvalue weighted by Gasteiger charge is -2.10. The normalized spacial score (nSPS) is 13.4. The van der Waals surface area contributed by atoms with E-state index in [9.17, 15) is 0 Å². The van der Waals surface area contributed by atoms with Gasteiger partial charge in [0.15, 0.2) is 0 Å². The largest absolute Gasteiger partial charge is 0.317 e. The van der Waals surface area contributed by atoms with Crippen LogP contribution in [0.1, 0.15) is 39.4 Å². The van der Waals surface area contributed by atoms with Crippen molar-refractivity contribution >= 4 is 0 Å². The molecule has 0 spiro atoms. The van der Waals surface area contributed by atoms with E-state index in [2.05, 4.69) is 50.4 Å². The van der Waals surface area contributed by atoms with Gasteiger partial charge in [-0.1, -0.05) is 13.8 Å². The molecule has 0 fully saturated rings. The molecule has 15 heavy (non-hydrogen) atoms. The van der Waals surface area contributed by atoms with Crippen molar-refractivity contribution in [1.82, 2.24) is 15.1 Å². The average molecular weight is 209 g/mol. The maximum atomic E-state index is 4.55. The highest BCUT2D eigenvalue weighted by Crippen LogP contribution is 2.08. The predicted molar refractivity (Wildman–Crippen MR) is 64.0 cm³/mol. The lowest BCUT2D eigenvalue weighted by Crippen LogP contribution is -2.22. The van der Waals surface area contributed by atoms with Crippen LogP contribution in [-0.2, 0) is 6.42 Å². The van der Waals surface area contributed by atoms with Gasteiger partial charge in [0.25, 0.3) is 0 Å². The minimum Gasteiger partial charge on any atom is -0.317 e. The molecule has 0 aliphatic rings. The summed E-state index contributed by atoms with van der Waals surface area (Å²) in [6.07, 6.45) is 3.13. The molecule has 3 nitrogen and oxygen atoms in total. The molecule has 0 aliphatic heterocycles. The molecule has 0 aromatic carbocycles. The van der Waals surface area contributed by atoms with E-state index in [1.54, 1.807) is 0 Å². The first-order chi connectivity index (χ1) is 7.13. The maximum Gasteiger partial charge on any atom is 0.0627 e. The van der Waals surface area contributed by atoms with Crippen LogP contribution in [0.3, 0.4) is 0 Å². The Balaban J connectivity index is 2.42. The third-order valence-corrected chi connectivity index (χ3v) is 2.49. The Morgan fingerprint density at radius 3 is 2.67 bits per heavy atom. The van der Waals surface area contributed by atoms with E-state index in [0.29, 0.717) is 12.0 Å². The van der Waals surface area contributed by atoms with E-state index in [1.165, 1.54) is 5.69 Å². The fourth-order valence-corrected chi connectivity index (χ4v) is 1.59. The summed E-state index contributed by atoms with van der Waals surface area (Å²) in [6, 6.07) is 2.59. The van der Waals surface area contributed by atoms with Gasteiger partial charge in [0, 0.05) is 12.2 Å². The molecule has 1 N–H and O–H groups in total. The van der Waals surface area contributed by atoms with Gasteiger partial charge in [-0.3, -0.25) is 4.68 Å². The van der Waals surface area contributed by atoms with Crippen molar-refractivity contribution in [2.24, 2.45) is 5.92 Å². The molecule has 0 bridgehead atoms. The number of rotatable bonds is 6. The van der Waals surface area contributed by atoms with Crippen LogP contribution in [0.15, 0.2) is 12.3 Å². The standard InChI is InChI=1S/C12H23N3/c1-5-13-9-11(4)8-12-6-7-15(14-12)10(2)3/h6-7,10-11,13H,5,8-9H2,1-4H3. The molecule has 0 amide bonds. The molecule has 86 valence electrons. The first kappa shape index (κ1) is 12.2. The topological polar surface area (TPSA) is 29.9 Å². The molecule has 0 radical (unpaired) electrons. The lowest BCUT2D eigenvalue weighted by molar-refractivity contribution is 0.494. The lowest BCUT2D eigenvalue weighted by atomic mass is 10.1. The summed E-state index contributed by atoms with van der Waals surface area (Å²) in [4.78, 5) is 0. The van der Waals surface area contributed by atoms with Crippen LogP contribution in [0.5, 0.6) is 0 Å². The summed E-state index contributed by atoms with van der Waals surface area (Å²) in [7, 11) is 0. The van der Waals surface area contributed by atoms with E-state index < -0.39 is 0 Å². The van der Waals surface area contributed by atoms with Gasteiger partial charge in [0.2, 0.25) is 0 Å². The fraction of sp³-hybridized carbons (Fsp3) is 0.750. The summed E-state index contributed by atoms with van der Waals surface area (Å²) in [5.74, 6) is 0.653. The van der Waals surface area contributed by atoms with Gasteiger partial charge in [0.1, 0.15) is 0 Å².